The highest BCUT2D eigenvalue weighted by Gasteiger charge is 2.52. The average Bonchev–Trinajstić information content (AvgIpc) is 2.77. The Hall–Kier alpha value is -1.43. The van der Waals surface area contributed by atoms with Crippen LogP contribution in [0.3, 0.4) is 0 Å². The van der Waals surface area contributed by atoms with Crippen LogP contribution in [0.5, 0.6) is 0 Å². The van der Waals surface area contributed by atoms with Crippen molar-refractivity contribution in [2.24, 2.45) is 11.8 Å². The van der Waals surface area contributed by atoms with Crippen LogP contribution >= 0.6 is 0 Å². The van der Waals surface area contributed by atoms with E-state index >= 15 is 0 Å². The summed E-state index contributed by atoms with van der Waals surface area (Å²) in [6.45, 7) is 2.55. The number of rotatable bonds is 3. The van der Waals surface area contributed by atoms with Crippen LogP contribution in [0, 0.1) is 11.8 Å². The molecule has 0 spiro atoms. The molecule has 6 heteroatoms. The lowest BCUT2D eigenvalue weighted by Gasteiger charge is -2.24. The molecule has 17 heavy (non-hydrogen) atoms. The lowest BCUT2D eigenvalue weighted by atomic mass is 10.00. The predicted molar refractivity (Wildman–Crippen MR) is 58.0 cm³/mol. The molecule has 0 aliphatic carbocycles. The molecule has 2 amide bonds. The third-order valence-corrected chi connectivity index (χ3v) is 3.76. The van der Waals surface area contributed by atoms with E-state index in [0.717, 1.165) is 4.90 Å². The lowest BCUT2D eigenvalue weighted by Crippen LogP contribution is -2.42. The average molecular weight is 240 g/mol. The quantitative estimate of drug-likeness (QED) is 0.666. The van der Waals surface area contributed by atoms with Crippen LogP contribution in [0.25, 0.3) is 0 Å². The number of carbonyl (C=O) groups excluding carboxylic acids is 2. The molecule has 6 nitrogen and oxygen atoms in total. The van der Waals surface area contributed by atoms with Crippen molar-refractivity contribution in [2.45, 2.75) is 19.4 Å². The Bertz CT molecular complexity index is 358. The number of amides is 2. The van der Waals surface area contributed by atoms with Gasteiger partial charge in [-0.3, -0.25) is 24.2 Å². The van der Waals surface area contributed by atoms with Crippen molar-refractivity contribution < 1.29 is 19.5 Å². The van der Waals surface area contributed by atoms with Crippen molar-refractivity contribution in [1.29, 1.82) is 0 Å². The van der Waals surface area contributed by atoms with Crippen molar-refractivity contribution >= 4 is 17.8 Å². The molecule has 1 N–H and O–H groups in total. The minimum absolute atomic E-state index is 0.178. The number of fused-ring (bicyclic) bond motifs is 1. The number of carboxylic acid groups (broad SMARTS) is 1. The maximum Gasteiger partial charge on any atom is 0.320 e. The van der Waals surface area contributed by atoms with E-state index in [1.165, 1.54) is 7.05 Å². The summed E-state index contributed by atoms with van der Waals surface area (Å²) in [6, 6.07) is -0.591. The molecule has 3 atom stereocenters. The summed E-state index contributed by atoms with van der Waals surface area (Å²) in [5.41, 5.74) is 0. The monoisotopic (exact) mass is 240 g/mol. The summed E-state index contributed by atoms with van der Waals surface area (Å²) in [7, 11) is 1.49. The highest BCUT2D eigenvalue weighted by atomic mass is 16.4. The molecule has 2 aliphatic rings. The van der Waals surface area contributed by atoms with Gasteiger partial charge in [-0.15, -0.1) is 0 Å². The molecule has 0 aromatic carbocycles. The van der Waals surface area contributed by atoms with Gasteiger partial charge in [-0.2, -0.15) is 0 Å². The number of aliphatic carboxylic acids is 1. The largest absolute Gasteiger partial charge is 0.480 e. The molecule has 0 saturated carbocycles. The van der Waals surface area contributed by atoms with Crippen LogP contribution in [-0.4, -0.2) is 58.9 Å². The van der Waals surface area contributed by atoms with Crippen molar-refractivity contribution in [3.63, 3.8) is 0 Å². The first-order valence-corrected chi connectivity index (χ1v) is 5.75. The van der Waals surface area contributed by atoms with E-state index in [-0.39, 0.29) is 23.7 Å². The van der Waals surface area contributed by atoms with E-state index in [0.29, 0.717) is 19.5 Å². The molecular weight excluding hydrogens is 224 g/mol. The van der Waals surface area contributed by atoms with Crippen LogP contribution in [0.2, 0.25) is 0 Å². The molecule has 2 heterocycles. The Morgan fingerprint density at radius 2 is 1.82 bits per heavy atom. The second kappa shape index (κ2) is 4.10. The zero-order valence-corrected chi connectivity index (χ0v) is 9.92. The predicted octanol–water partition coefficient (Wildman–Crippen LogP) is -0.604. The van der Waals surface area contributed by atoms with Gasteiger partial charge >= 0.3 is 5.97 Å². The smallest absolute Gasteiger partial charge is 0.320 e. The summed E-state index contributed by atoms with van der Waals surface area (Å²) < 4.78 is 0. The van der Waals surface area contributed by atoms with Gasteiger partial charge in [0.15, 0.2) is 0 Å². The fourth-order valence-corrected chi connectivity index (χ4v) is 2.78. The number of carbonyl (C=O) groups is 3. The minimum Gasteiger partial charge on any atom is -0.480 e. The van der Waals surface area contributed by atoms with E-state index in [9.17, 15) is 14.4 Å². The molecule has 0 radical (unpaired) electrons. The van der Waals surface area contributed by atoms with E-state index in [1.807, 2.05) is 0 Å². The minimum atomic E-state index is -0.888. The normalized spacial score (nSPS) is 30.8. The van der Waals surface area contributed by atoms with Crippen LogP contribution in [0.4, 0.5) is 0 Å². The van der Waals surface area contributed by atoms with Gasteiger partial charge in [0.2, 0.25) is 11.8 Å². The maximum absolute atomic E-state index is 11.8. The Labute approximate surface area is 99.2 Å². The maximum atomic E-state index is 11.8. The third-order valence-electron chi connectivity index (χ3n) is 3.76. The molecule has 94 valence electrons. The van der Waals surface area contributed by atoms with Gasteiger partial charge in [-0.25, -0.2) is 0 Å². The Morgan fingerprint density at radius 1 is 1.35 bits per heavy atom. The van der Waals surface area contributed by atoms with E-state index in [4.69, 9.17) is 5.11 Å². The van der Waals surface area contributed by atoms with Crippen molar-refractivity contribution in [2.75, 3.05) is 20.1 Å². The number of imide groups is 1. The van der Waals surface area contributed by atoms with Gasteiger partial charge in [0.05, 0.1) is 11.8 Å². The molecule has 2 saturated heterocycles. The highest BCUT2D eigenvalue weighted by Crippen LogP contribution is 2.33. The van der Waals surface area contributed by atoms with E-state index in [1.54, 1.807) is 11.8 Å². The van der Waals surface area contributed by atoms with Gasteiger partial charge in [-0.05, 0) is 6.42 Å². The van der Waals surface area contributed by atoms with E-state index < -0.39 is 12.0 Å². The first-order chi connectivity index (χ1) is 7.97. The van der Waals surface area contributed by atoms with Gasteiger partial charge in [0, 0.05) is 20.1 Å². The molecule has 0 aromatic rings. The number of hydrogen-bond donors (Lipinski definition) is 1. The van der Waals surface area contributed by atoms with Crippen molar-refractivity contribution in [3.8, 4) is 0 Å². The first kappa shape index (κ1) is 12.0. The van der Waals surface area contributed by atoms with Gasteiger partial charge < -0.3 is 5.11 Å². The summed E-state index contributed by atoms with van der Waals surface area (Å²) >= 11 is 0. The fourth-order valence-electron chi connectivity index (χ4n) is 2.78. The standard InChI is InChI=1S/C11H16N2O4/c1-3-8(11(16)17)13-4-6-7(5-13)10(15)12(2)9(6)14/h6-8H,3-5H2,1-2H3,(H,16,17)/t6-,7-,8-/m1/s1. The van der Waals surface area contributed by atoms with Gasteiger partial charge in [0.25, 0.3) is 0 Å². The second-order valence-corrected chi connectivity index (χ2v) is 4.66. The third kappa shape index (κ3) is 1.72. The first-order valence-electron chi connectivity index (χ1n) is 5.75. The van der Waals surface area contributed by atoms with Crippen molar-refractivity contribution in [1.82, 2.24) is 9.80 Å². The van der Waals surface area contributed by atoms with Crippen LogP contribution in [0.1, 0.15) is 13.3 Å². The SMILES string of the molecule is CC[C@H](C(=O)O)N1C[C@H]2C(=O)N(C)C(=O)[C@@H]2C1. The topological polar surface area (TPSA) is 77.9 Å². The molecule has 2 aliphatic heterocycles. The zero-order valence-electron chi connectivity index (χ0n) is 9.92. The molecule has 0 aromatic heterocycles. The lowest BCUT2D eigenvalue weighted by molar-refractivity contribution is -0.145. The summed E-state index contributed by atoms with van der Waals surface area (Å²) in [4.78, 5) is 37.4. The Morgan fingerprint density at radius 3 is 2.18 bits per heavy atom. The number of hydrogen-bond acceptors (Lipinski definition) is 4. The molecule has 2 fully saturated rings. The molecular formula is C11H16N2O4. The molecule has 0 bridgehead atoms. The van der Waals surface area contributed by atoms with Gasteiger partial charge in [-0.1, -0.05) is 6.92 Å². The summed E-state index contributed by atoms with van der Waals surface area (Å²) in [5, 5.41) is 9.06. The van der Waals surface area contributed by atoms with Crippen molar-refractivity contribution in [3.05, 3.63) is 0 Å². The summed E-state index contributed by atoms with van der Waals surface area (Å²) in [5.74, 6) is -1.94. The van der Waals surface area contributed by atoms with Crippen LogP contribution in [0.15, 0.2) is 0 Å². The summed E-state index contributed by atoms with van der Waals surface area (Å²) in [6.07, 6.45) is 0.479. The molecule has 0 unspecified atom stereocenters. The molecule has 2 rings (SSSR count). The highest BCUT2D eigenvalue weighted by molar-refractivity contribution is 6.05. The Kier molecular flexibility index (Phi) is 2.91. The number of likely N-dealkylation sites (tertiary alicyclic amines) is 2. The number of nitrogens with zero attached hydrogens (tertiary/aromatic N) is 2. The Balaban J connectivity index is 2.14. The zero-order chi connectivity index (χ0) is 12.7. The fraction of sp³-hybridized carbons (Fsp3) is 0.727. The van der Waals surface area contributed by atoms with E-state index in [2.05, 4.69) is 0 Å². The van der Waals surface area contributed by atoms with Gasteiger partial charge in [0.1, 0.15) is 6.04 Å². The van der Waals surface area contributed by atoms with Crippen LogP contribution in [-0.2, 0) is 14.4 Å². The second-order valence-electron chi connectivity index (χ2n) is 4.66. The number of carboxylic acids is 1. The van der Waals surface area contributed by atoms with Crippen LogP contribution < -0.4 is 0 Å².